The van der Waals surface area contributed by atoms with Crippen molar-refractivity contribution in [2.24, 2.45) is 0 Å². The van der Waals surface area contributed by atoms with Crippen LogP contribution in [0.15, 0.2) is 12.7 Å². The Morgan fingerprint density at radius 2 is 1.94 bits per heavy atom. The Bertz CT molecular complexity index is 455. The first kappa shape index (κ1) is 15.0. The summed E-state index contributed by atoms with van der Waals surface area (Å²) in [5.74, 6) is -1.54. The second-order valence-corrected chi connectivity index (χ2v) is 5.54. The molecule has 0 rings (SSSR count). The zero-order chi connectivity index (χ0) is 12.8. The molecule has 0 radical (unpaired) electrons. The predicted octanol–water partition coefficient (Wildman–Crippen LogP) is -1.65. The van der Waals surface area contributed by atoms with Gasteiger partial charge in [-0.05, 0) is 6.08 Å². The maximum Gasteiger partial charge on any atom is 0.385 e. The topological polar surface area (TPSA) is 119 Å². The Balaban J connectivity index is 4.02. The molecule has 11 heteroatoms. The van der Waals surface area contributed by atoms with Crippen LogP contribution in [-0.4, -0.2) is 35.1 Å². The molecule has 0 saturated heterocycles. The van der Waals surface area contributed by atoms with Gasteiger partial charge >= 0.3 is 10.4 Å². The maximum atomic E-state index is 11.9. The van der Waals surface area contributed by atoms with Gasteiger partial charge in [0.05, 0.1) is 12.4 Å². The molecule has 0 unspecified atom stereocenters. The van der Waals surface area contributed by atoms with Crippen LogP contribution in [0.4, 0.5) is 3.89 Å². The Morgan fingerprint density at radius 1 is 1.38 bits per heavy atom. The lowest BCUT2D eigenvalue weighted by Crippen LogP contribution is -2.33. The van der Waals surface area contributed by atoms with Gasteiger partial charge in [-0.2, -0.15) is 8.42 Å². The van der Waals surface area contributed by atoms with Crippen LogP contribution >= 0.6 is 0 Å². The van der Waals surface area contributed by atoms with E-state index in [4.69, 9.17) is 0 Å². The van der Waals surface area contributed by atoms with Crippen LogP contribution in [0.2, 0.25) is 0 Å². The summed E-state index contributed by atoms with van der Waals surface area (Å²) in [7, 11) is -9.70. The van der Waals surface area contributed by atoms with Crippen molar-refractivity contribution in [2.45, 2.75) is 0 Å². The zero-order valence-corrected chi connectivity index (χ0v) is 9.48. The number of halogens is 1. The molecule has 1 amide bonds. The standard InChI is InChI=1S/C5H9FN2O6S2/c1-2-5(9)7-14-3-4-15(10,11)8-16(6,12)13/h2,8H,1,3-4H2,(H,7,9). The van der Waals surface area contributed by atoms with Crippen molar-refractivity contribution in [3.05, 3.63) is 12.7 Å². The lowest BCUT2D eigenvalue weighted by molar-refractivity contribution is -0.127. The summed E-state index contributed by atoms with van der Waals surface area (Å²) in [4.78, 5) is 14.8. The van der Waals surface area contributed by atoms with E-state index in [9.17, 15) is 25.5 Å². The monoisotopic (exact) mass is 276 g/mol. The number of amides is 1. The minimum absolute atomic E-state index is 0.551. The van der Waals surface area contributed by atoms with Gasteiger partial charge in [-0.15, -0.1) is 0 Å². The van der Waals surface area contributed by atoms with Crippen LogP contribution < -0.4 is 9.61 Å². The van der Waals surface area contributed by atoms with Gasteiger partial charge in [-0.25, -0.2) is 13.9 Å². The number of rotatable bonds is 7. The van der Waals surface area contributed by atoms with E-state index in [0.717, 1.165) is 10.2 Å². The highest BCUT2D eigenvalue weighted by Gasteiger charge is 2.19. The number of hydrogen-bond acceptors (Lipinski definition) is 6. The molecule has 0 aliphatic carbocycles. The third kappa shape index (κ3) is 8.28. The largest absolute Gasteiger partial charge is 0.385 e. The molecule has 0 heterocycles. The molecule has 0 bridgehead atoms. The molecule has 0 aromatic heterocycles. The summed E-state index contributed by atoms with van der Waals surface area (Å²) < 4.78 is 54.2. The molecular formula is C5H9FN2O6S2. The highest BCUT2D eigenvalue weighted by atomic mass is 32.3. The van der Waals surface area contributed by atoms with Crippen LogP contribution in [0.3, 0.4) is 0 Å². The molecule has 0 aromatic carbocycles. The van der Waals surface area contributed by atoms with Crippen molar-refractivity contribution >= 4 is 26.3 Å². The molecule has 94 valence electrons. The van der Waals surface area contributed by atoms with Crippen molar-refractivity contribution in [1.29, 1.82) is 0 Å². The third-order valence-corrected chi connectivity index (χ3v) is 3.55. The zero-order valence-electron chi connectivity index (χ0n) is 7.84. The molecule has 8 nitrogen and oxygen atoms in total. The Hall–Kier alpha value is -1.04. The molecule has 0 saturated carbocycles. The number of nitrogens with one attached hydrogen (secondary N) is 2. The third-order valence-electron chi connectivity index (χ3n) is 1.04. The minimum atomic E-state index is -5.34. The molecule has 0 spiro atoms. The number of sulfonamides is 1. The Labute approximate surface area is 91.8 Å². The first-order chi connectivity index (χ1) is 7.16. The van der Waals surface area contributed by atoms with Gasteiger partial charge < -0.3 is 0 Å². The van der Waals surface area contributed by atoms with Gasteiger partial charge in [0.1, 0.15) is 0 Å². The quantitative estimate of drug-likeness (QED) is 0.249. The average Bonchev–Trinajstić information content (AvgIpc) is 2.08. The van der Waals surface area contributed by atoms with E-state index < -0.39 is 38.7 Å². The van der Waals surface area contributed by atoms with Crippen LogP contribution in [-0.2, 0) is 30.1 Å². The van der Waals surface area contributed by atoms with Crippen LogP contribution in [0, 0.1) is 0 Å². The fourth-order valence-corrected chi connectivity index (χ4v) is 2.36. The van der Waals surface area contributed by atoms with Crippen molar-refractivity contribution in [1.82, 2.24) is 9.61 Å². The lowest BCUT2D eigenvalue weighted by atomic mass is 10.6. The Kier molecular flexibility index (Phi) is 5.50. The Morgan fingerprint density at radius 3 is 2.38 bits per heavy atom. The van der Waals surface area contributed by atoms with E-state index in [1.165, 1.54) is 0 Å². The first-order valence-electron chi connectivity index (χ1n) is 3.66. The van der Waals surface area contributed by atoms with Crippen molar-refractivity contribution in [3.8, 4) is 0 Å². The summed E-state index contributed by atoms with van der Waals surface area (Å²) in [6.07, 6.45) is 0.874. The number of carbonyl (C=O) groups excluding carboxylic acids is 1. The second kappa shape index (κ2) is 5.89. The van der Waals surface area contributed by atoms with E-state index in [1.807, 2.05) is 0 Å². The average molecular weight is 276 g/mol. The van der Waals surface area contributed by atoms with E-state index in [1.54, 1.807) is 5.48 Å². The number of hydroxylamine groups is 1. The molecule has 0 atom stereocenters. The molecular weight excluding hydrogens is 267 g/mol. The van der Waals surface area contributed by atoms with Crippen molar-refractivity contribution < 1.29 is 30.4 Å². The smallest absolute Gasteiger partial charge is 0.272 e. The van der Waals surface area contributed by atoms with E-state index in [-0.39, 0.29) is 0 Å². The number of carbonyl (C=O) groups is 1. The number of hydrogen-bond donors (Lipinski definition) is 2. The molecule has 16 heavy (non-hydrogen) atoms. The van der Waals surface area contributed by atoms with Gasteiger partial charge in [-0.3, -0.25) is 9.63 Å². The molecule has 0 fully saturated rings. The van der Waals surface area contributed by atoms with Gasteiger partial charge in [0.25, 0.3) is 5.91 Å². The first-order valence-corrected chi connectivity index (χ1v) is 6.70. The van der Waals surface area contributed by atoms with Gasteiger partial charge in [0.15, 0.2) is 0 Å². The maximum absolute atomic E-state index is 11.9. The second-order valence-electron chi connectivity index (χ2n) is 2.36. The van der Waals surface area contributed by atoms with Crippen molar-refractivity contribution in [2.75, 3.05) is 12.4 Å². The van der Waals surface area contributed by atoms with Gasteiger partial charge in [0, 0.05) is 0 Å². The summed E-state index contributed by atoms with van der Waals surface area (Å²) in [6.45, 7) is 2.53. The van der Waals surface area contributed by atoms with E-state index in [0.29, 0.717) is 0 Å². The molecule has 0 aromatic rings. The van der Waals surface area contributed by atoms with Crippen LogP contribution in [0.5, 0.6) is 0 Å². The fourth-order valence-electron chi connectivity index (χ4n) is 0.509. The fraction of sp³-hybridized carbons (Fsp3) is 0.400. The molecule has 2 N–H and O–H groups in total. The predicted molar refractivity (Wildman–Crippen MR) is 51.2 cm³/mol. The van der Waals surface area contributed by atoms with Crippen LogP contribution in [0.1, 0.15) is 0 Å². The summed E-state index contributed by atoms with van der Waals surface area (Å²) >= 11 is 0. The van der Waals surface area contributed by atoms with Crippen molar-refractivity contribution in [3.63, 3.8) is 0 Å². The SMILES string of the molecule is C=CC(=O)NOCCS(=O)(=O)NS(=O)(=O)F. The summed E-state index contributed by atoms with van der Waals surface area (Å²) in [5.41, 5.74) is 1.78. The minimum Gasteiger partial charge on any atom is -0.272 e. The summed E-state index contributed by atoms with van der Waals surface area (Å²) in [6, 6.07) is 0. The van der Waals surface area contributed by atoms with Gasteiger partial charge in [-0.1, -0.05) is 14.6 Å². The van der Waals surface area contributed by atoms with Crippen LogP contribution in [0.25, 0.3) is 0 Å². The lowest BCUT2D eigenvalue weighted by Gasteiger charge is -2.04. The van der Waals surface area contributed by atoms with Gasteiger partial charge in [0.2, 0.25) is 10.0 Å². The molecule has 0 aliphatic heterocycles. The highest BCUT2D eigenvalue weighted by molar-refractivity contribution is 8.02. The highest BCUT2D eigenvalue weighted by Crippen LogP contribution is 1.91. The van der Waals surface area contributed by atoms with E-state index in [2.05, 4.69) is 11.4 Å². The normalized spacial score (nSPS) is 12.1. The van der Waals surface area contributed by atoms with E-state index >= 15 is 0 Å². The molecule has 0 aliphatic rings. The summed E-state index contributed by atoms with van der Waals surface area (Å²) in [5, 5.41) is 0.